The van der Waals surface area contributed by atoms with E-state index in [0.717, 1.165) is 24.3 Å². The van der Waals surface area contributed by atoms with Crippen LogP contribution in [0.1, 0.15) is 60.4 Å². The average molecular weight is 379 g/mol. The first-order chi connectivity index (χ1) is 13.7. The van der Waals surface area contributed by atoms with Crippen LogP contribution in [0.5, 0.6) is 0 Å². The molecule has 0 unspecified atom stereocenters. The Morgan fingerprint density at radius 1 is 0.821 bits per heavy atom. The molecule has 148 valence electrons. The summed E-state index contributed by atoms with van der Waals surface area (Å²) in [4.78, 5) is 9.97. The van der Waals surface area contributed by atoms with Gasteiger partial charge in [-0.1, -0.05) is 58.3 Å². The molecule has 2 aliphatic rings. The first-order valence-corrected chi connectivity index (χ1v) is 10.2. The minimum absolute atomic E-state index is 0.645. The smallest absolute Gasteiger partial charge is 0.114 e. The molecular weight excluding hydrogens is 348 g/mol. The predicted molar refractivity (Wildman–Crippen MR) is 115 cm³/mol. The Labute approximate surface area is 168 Å². The molecule has 4 nitrogen and oxygen atoms in total. The fraction of sp³-hybridized carbons (Fsp3) is 0.417. The minimum Gasteiger partial charge on any atom is -0.399 e. The zero-order chi connectivity index (χ0) is 19.8. The minimum atomic E-state index is 0.645. The number of hydrogen-bond donors (Lipinski definition) is 0. The molecule has 4 heteroatoms. The van der Waals surface area contributed by atoms with Gasteiger partial charge in [0.15, 0.2) is 0 Å². The van der Waals surface area contributed by atoms with E-state index in [9.17, 15) is 0 Å². The Kier molecular flexibility index (Phi) is 7.24. The lowest BCUT2D eigenvalue weighted by Gasteiger charge is -2.17. The number of benzene rings is 2. The molecule has 0 saturated carbocycles. The van der Waals surface area contributed by atoms with Crippen LogP contribution in [-0.2, 0) is 22.5 Å². The number of nitrogens with zero attached hydrogens (tertiary/aromatic N) is 2. The quantitative estimate of drug-likeness (QED) is 0.667. The van der Waals surface area contributed by atoms with E-state index in [4.69, 9.17) is 9.68 Å². The second-order valence-corrected chi connectivity index (χ2v) is 7.20. The molecule has 4 rings (SSSR count). The van der Waals surface area contributed by atoms with Gasteiger partial charge in [-0.25, -0.2) is 0 Å². The van der Waals surface area contributed by atoms with Crippen LogP contribution >= 0.6 is 0 Å². The molecule has 0 fully saturated rings. The van der Waals surface area contributed by atoms with Crippen LogP contribution < -0.4 is 0 Å². The van der Waals surface area contributed by atoms with Gasteiger partial charge in [0, 0.05) is 11.1 Å². The Morgan fingerprint density at radius 2 is 1.50 bits per heavy atom. The van der Waals surface area contributed by atoms with Gasteiger partial charge in [-0.05, 0) is 63.5 Å². The molecule has 28 heavy (non-hydrogen) atoms. The maximum atomic E-state index is 5.12. The average Bonchev–Trinajstić information content (AvgIpc) is 2.73. The fourth-order valence-electron chi connectivity index (χ4n) is 3.83. The molecule has 2 aliphatic carbocycles. The van der Waals surface area contributed by atoms with Gasteiger partial charge in [0.25, 0.3) is 0 Å². The van der Waals surface area contributed by atoms with Crippen molar-refractivity contribution in [2.75, 3.05) is 13.7 Å². The van der Waals surface area contributed by atoms with E-state index in [2.05, 4.69) is 59.7 Å². The van der Waals surface area contributed by atoms with Crippen LogP contribution in [0.3, 0.4) is 0 Å². The lowest BCUT2D eigenvalue weighted by atomic mass is 9.89. The fourth-order valence-corrected chi connectivity index (χ4v) is 3.83. The third-order valence-corrected chi connectivity index (χ3v) is 5.12. The zero-order valence-corrected chi connectivity index (χ0v) is 17.2. The molecule has 0 bridgehead atoms. The molecule has 0 atom stereocenters. The maximum absolute atomic E-state index is 5.12. The second-order valence-electron chi connectivity index (χ2n) is 7.20. The van der Waals surface area contributed by atoms with E-state index in [-0.39, 0.29) is 0 Å². The van der Waals surface area contributed by atoms with E-state index in [1.54, 1.807) is 7.11 Å². The molecule has 0 N–H and O–H groups in total. The van der Waals surface area contributed by atoms with E-state index in [1.165, 1.54) is 53.5 Å². The van der Waals surface area contributed by atoms with Crippen molar-refractivity contribution in [3.05, 3.63) is 70.3 Å². The first-order valence-electron chi connectivity index (χ1n) is 10.2. The molecule has 2 aromatic carbocycles. The lowest BCUT2D eigenvalue weighted by Crippen LogP contribution is -2.12. The summed E-state index contributed by atoms with van der Waals surface area (Å²) >= 11 is 0. The van der Waals surface area contributed by atoms with Crippen molar-refractivity contribution < 1.29 is 9.68 Å². The predicted octanol–water partition coefficient (Wildman–Crippen LogP) is 5.45. The van der Waals surface area contributed by atoms with Crippen molar-refractivity contribution in [2.45, 2.75) is 52.4 Å². The summed E-state index contributed by atoms with van der Waals surface area (Å²) in [6.45, 7) is 4.73. The highest BCUT2D eigenvalue weighted by Crippen LogP contribution is 2.23. The van der Waals surface area contributed by atoms with Gasteiger partial charge >= 0.3 is 0 Å². The van der Waals surface area contributed by atoms with Gasteiger partial charge in [0.05, 0.1) is 11.4 Å². The SMILES string of the molecule is CCO/N=C1\CCCc2ccccc21.CO/N=C1\CCCc2cc(C)ccc21. The van der Waals surface area contributed by atoms with Gasteiger partial charge in [-0.3, -0.25) is 0 Å². The van der Waals surface area contributed by atoms with E-state index in [0.29, 0.717) is 6.61 Å². The van der Waals surface area contributed by atoms with Crippen molar-refractivity contribution >= 4 is 11.4 Å². The number of hydrogen-bond acceptors (Lipinski definition) is 4. The van der Waals surface area contributed by atoms with Crippen molar-refractivity contribution in [3.63, 3.8) is 0 Å². The Balaban J connectivity index is 0.000000161. The third kappa shape index (κ3) is 5.00. The van der Waals surface area contributed by atoms with Gasteiger partial charge in [-0.2, -0.15) is 0 Å². The summed E-state index contributed by atoms with van der Waals surface area (Å²) in [5, 5.41) is 8.23. The summed E-state index contributed by atoms with van der Waals surface area (Å²) in [6, 6.07) is 15.0. The van der Waals surface area contributed by atoms with Crippen LogP contribution in [0.2, 0.25) is 0 Å². The second kappa shape index (κ2) is 10.1. The van der Waals surface area contributed by atoms with Crippen molar-refractivity contribution in [2.24, 2.45) is 10.3 Å². The molecule has 0 aliphatic heterocycles. The van der Waals surface area contributed by atoms with E-state index < -0.39 is 0 Å². The molecule has 0 heterocycles. The normalized spacial score (nSPS) is 18.0. The van der Waals surface area contributed by atoms with Gasteiger partial charge in [0.2, 0.25) is 0 Å². The maximum Gasteiger partial charge on any atom is 0.114 e. The summed E-state index contributed by atoms with van der Waals surface area (Å²) in [6.07, 6.45) is 6.77. The standard InChI is InChI=1S/2C12H15NO/c1-9-6-7-11-10(8-9)4-3-5-12(11)13-14-2;1-2-14-13-12-9-5-7-10-6-3-4-8-11(10)12/h6-8H,3-5H2,1-2H3;3-4,6,8H,2,5,7,9H2,1H3/b2*13-12+. The van der Waals surface area contributed by atoms with Crippen molar-refractivity contribution in [1.29, 1.82) is 0 Å². The van der Waals surface area contributed by atoms with Crippen LogP contribution in [0.15, 0.2) is 52.8 Å². The number of aryl methyl sites for hydroxylation is 3. The van der Waals surface area contributed by atoms with E-state index in [1.807, 2.05) is 6.92 Å². The summed E-state index contributed by atoms with van der Waals surface area (Å²) < 4.78 is 0. The number of rotatable bonds is 3. The molecule has 0 saturated heterocycles. The Bertz CT molecular complexity index is 855. The molecule has 0 spiro atoms. The van der Waals surface area contributed by atoms with E-state index >= 15 is 0 Å². The molecule has 0 radical (unpaired) electrons. The van der Waals surface area contributed by atoms with Gasteiger partial charge in [-0.15, -0.1) is 0 Å². The Morgan fingerprint density at radius 3 is 2.25 bits per heavy atom. The summed E-state index contributed by atoms with van der Waals surface area (Å²) in [5.74, 6) is 0. The monoisotopic (exact) mass is 378 g/mol. The molecular formula is C24H30N2O2. The number of oxime groups is 2. The zero-order valence-electron chi connectivity index (χ0n) is 17.2. The number of fused-ring (bicyclic) bond motifs is 2. The van der Waals surface area contributed by atoms with Crippen molar-refractivity contribution in [3.8, 4) is 0 Å². The topological polar surface area (TPSA) is 43.2 Å². The third-order valence-electron chi connectivity index (χ3n) is 5.12. The van der Waals surface area contributed by atoms with Crippen molar-refractivity contribution in [1.82, 2.24) is 0 Å². The Hall–Kier alpha value is -2.62. The highest BCUT2D eigenvalue weighted by molar-refractivity contribution is 6.02. The summed E-state index contributed by atoms with van der Waals surface area (Å²) in [7, 11) is 1.61. The van der Waals surface area contributed by atoms with Crippen LogP contribution in [-0.4, -0.2) is 25.1 Å². The molecule has 0 amide bonds. The van der Waals surface area contributed by atoms with Crippen LogP contribution in [0.4, 0.5) is 0 Å². The summed E-state index contributed by atoms with van der Waals surface area (Å²) in [5.41, 5.74) is 8.87. The van der Waals surface area contributed by atoms with Crippen LogP contribution in [0, 0.1) is 6.92 Å². The lowest BCUT2D eigenvalue weighted by molar-refractivity contribution is 0.158. The highest BCUT2D eigenvalue weighted by Gasteiger charge is 2.16. The largest absolute Gasteiger partial charge is 0.399 e. The first kappa shape index (κ1) is 20.1. The van der Waals surface area contributed by atoms with Gasteiger partial charge < -0.3 is 9.68 Å². The van der Waals surface area contributed by atoms with Gasteiger partial charge in [0.1, 0.15) is 13.7 Å². The molecule has 0 aromatic heterocycles. The molecule has 2 aromatic rings. The van der Waals surface area contributed by atoms with Crippen LogP contribution in [0.25, 0.3) is 0 Å². The highest BCUT2D eigenvalue weighted by atomic mass is 16.6.